The lowest BCUT2D eigenvalue weighted by atomic mass is 10.3. The fourth-order valence-electron chi connectivity index (χ4n) is 2.23. The predicted molar refractivity (Wildman–Crippen MR) is 103 cm³/mol. The van der Waals surface area contributed by atoms with Crippen molar-refractivity contribution in [3.05, 3.63) is 56.9 Å². The maximum Gasteiger partial charge on any atom is 0.330 e. The summed E-state index contributed by atoms with van der Waals surface area (Å²) < 4.78 is 8.57. The van der Waals surface area contributed by atoms with Gasteiger partial charge in [-0.1, -0.05) is 35.2 Å². The molecule has 0 aliphatic carbocycles. The summed E-state index contributed by atoms with van der Waals surface area (Å²) in [6.45, 7) is 0. The summed E-state index contributed by atoms with van der Waals surface area (Å²) in [5, 5.41) is 12.1. The number of para-hydroxylation sites is 2. The molecule has 1 aromatic carbocycles. The van der Waals surface area contributed by atoms with Gasteiger partial charge in [-0.2, -0.15) is 0 Å². The van der Waals surface area contributed by atoms with Crippen LogP contribution in [0.25, 0.3) is 0 Å². The molecular weight excluding hydrogens is 374 g/mol. The Balaban J connectivity index is 1.72. The number of hydrogen-bond acceptors (Lipinski definition) is 8. The normalized spacial score (nSPS) is 10.7. The Kier molecular flexibility index (Phi) is 5.43. The average Bonchev–Trinajstić information content (AvgIpc) is 3.09. The highest BCUT2D eigenvalue weighted by atomic mass is 32.2. The van der Waals surface area contributed by atoms with Gasteiger partial charge >= 0.3 is 5.69 Å². The van der Waals surface area contributed by atoms with Crippen LogP contribution in [-0.2, 0) is 19.8 Å². The first-order chi connectivity index (χ1) is 12.5. The van der Waals surface area contributed by atoms with E-state index < -0.39 is 0 Å². The summed E-state index contributed by atoms with van der Waals surface area (Å²) >= 11 is 2.80. The minimum Gasteiger partial charge on any atom is -0.495 e. The second kappa shape index (κ2) is 7.75. The molecule has 26 heavy (non-hydrogen) atoms. The third-order valence-electron chi connectivity index (χ3n) is 3.72. The zero-order valence-corrected chi connectivity index (χ0v) is 16.1. The van der Waals surface area contributed by atoms with Gasteiger partial charge in [0.15, 0.2) is 4.34 Å². The Labute approximate surface area is 157 Å². The molecule has 0 unspecified atom stereocenters. The number of aromatic nitrogens is 4. The predicted octanol–water partition coefficient (Wildman–Crippen LogP) is 1.98. The molecule has 0 aliphatic rings. The monoisotopic (exact) mass is 391 g/mol. The molecule has 0 fully saturated rings. The molecule has 0 bridgehead atoms. The van der Waals surface area contributed by atoms with Gasteiger partial charge < -0.3 is 10.1 Å². The molecule has 0 spiro atoms. The SMILES string of the molecule is COc1ccccc1Nc1nnc(SCc2cc(=O)n(C)c(=O)n2C)s1. The molecule has 0 saturated heterocycles. The molecule has 136 valence electrons. The molecule has 3 aromatic rings. The summed E-state index contributed by atoms with van der Waals surface area (Å²) in [5.74, 6) is 1.16. The standard InChI is InChI=1S/C16H17N5O3S2/c1-20-10(8-13(22)21(2)16(20)23)9-25-15-19-18-14(26-15)17-11-6-4-5-7-12(11)24-3/h4-8H,9H2,1-3H3,(H,17,18). The number of ether oxygens (including phenoxy) is 1. The second-order valence-corrected chi connectivity index (χ2v) is 7.56. The second-order valence-electron chi connectivity index (χ2n) is 5.36. The third kappa shape index (κ3) is 3.81. The Morgan fingerprint density at radius 1 is 1.19 bits per heavy atom. The summed E-state index contributed by atoms with van der Waals surface area (Å²) in [6, 6.07) is 9.00. The van der Waals surface area contributed by atoms with E-state index in [-0.39, 0.29) is 11.2 Å². The van der Waals surface area contributed by atoms with E-state index in [1.165, 1.54) is 40.8 Å². The number of thioether (sulfide) groups is 1. The van der Waals surface area contributed by atoms with Gasteiger partial charge in [-0.25, -0.2) is 4.79 Å². The van der Waals surface area contributed by atoms with E-state index in [0.29, 0.717) is 22.3 Å². The Morgan fingerprint density at radius 2 is 1.96 bits per heavy atom. The topological polar surface area (TPSA) is 91.0 Å². The summed E-state index contributed by atoms with van der Waals surface area (Å²) in [7, 11) is 4.71. The summed E-state index contributed by atoms with van der Waals surface area (Å²) in [6.07, 6.45) is 0. The molecule has 2 aromatic heterocycles. The highest BCUT2D eigenvalue weighted by molar-refractivity contribution is 8.00. The Morgan fingerprint density at radius 3 is 2.73 bits per heavy atom. The van der Waals surface area contributed by atoms with Gasteiger partial charge in [-0.05, 0) is 12.1 Å². The minimum absolute atomic E-state index is 0.320. The molecule has 8 nitrogen and oxygen atoms in total. The number of rotatable bonds is 6. The van der Waals surface area contributed by atoms with Crippen LogP contribution in [0.1, 0.15) is 5.69 Å². The zero-order chi connectivity index (χ0) is 18.7. The van der Waals surface area contributed by atoms with E-state index in [1.54, 1.807) is 14.2 Å². The van der Waals surface area contributed by atoms with Crippen molar-refractivity contribution in [3.8, 4) is 5.75 Å². The lowest BCUT2D eigenvalue weighted by molar-refractivity contribution is 0.417. The van der Waals surface area contributed by atoms with Crippen molar-refractivity contribution in [3.63, 3.8) is 0 Å². The van der Waals surface area contributed by atoms with E-state index >= 15 is 0 Å². The van der Waals surface area contributed by atoms with Crippen LogP contribution in [0.15, 0.2) is 44.3 Å². The lowest BCUT2D eigenvalue weighted by Gasteiger charge is -2.08. The van der Waals surface area contributed by atoms with Gasteiger partial charge in [-0.3, -0.25) is 13.9 Å². The molecule has 10 heteroatoms. The van der Waals surface area contributed by atoms with Crippen LogP contribution < -0.4 is 21.3 Å². The van der Waals surface area contributed by atoms with Crippen LogP contribution >= 0.6 is 23.1 Å². The van der Waals surface area contributed by atoms with Crippen LogP contribution in [0.5, 0.6) is 5.75 Å². The number of benzene rings is 1. The number of anilines is 2. The first kappa shape index (κ1) is 18.2. The van der Waals surface area contributed by atoms with Crippen molar-refractivity contribution in [2.45, 2.75) is 10.1 Å². The van der Waals surface area contributed by atoms with Gasteiger partial charge in [0.1, 0.15) is 5.75 Å². The highest BCUT2D eigenvalue weighted by Crippen LogP contribution is 2.32. The maximum absolute atomic E-state index is 12.0. The molecular formula is C16H17N5O3S2. The Bertz CT molecular complexity index is 1040. The number of hydrogen-bond donors (Lipinski definition) is 1. The first-order valence-corrected chi connectivity index (χ1v) is 9.42. The van der Waals surface area contributed by atoms with Crippen molar-refractivity contribution in [1.29, 1.82) is 0 Å². The number of nitrogens with zero attached hydrogens (tertiary/aromatic N) is 4. The first-order valence-electron chi connectivity index (χ1n) is 7.62. The van der Waals surface area contributed by atoms with Gasteiger partial charge in [0.25, 0.3) is 5.56 Å². The molecule has 0 radical (unpaired) electrons. The largest absolute Gasteiger partial charge is 0.495 e. The number of nitrogens with one attached hydrogen (secondary N) is 1. The van der Waals surface area contributed by atoms with E-state index in [9.17, 15) is 9.59 Å². The fraction of sp³-hybridized carbons (Fsp3) is 0.250. The molecule has 2 heterocycles. The zero-order valence-electron chi connectivity index (χ0n) is 14.4. The van der Waals surface area contributed by atoms with Crippen LogP contribution in [0.4, 0.5) is 10.8 Å². The minimum atomic E-state index is -0.344. The van der Waals surface area contributed by atoms with Crippen molar-refractivity contribution < 1.29 is 4.74 Å². The third-order valence-corrected chi connectivity index (χ3v) is 5.73. The summed E-state index contributed by atoms with van der Waals surface area (Å²) in [5.41, 5.74) is 0.776. The van der Waals surface area contributed by atoms with Gasteiger partial charge in [0, 0.05) is 31.6 Å². The molecule has 0 amide bonds. The molecule has 0 saturated carbocycles. The van der Waals surface area contributed by atoms with E-state index in [2.05, 4.69) is 15.5 Å². The van der Waals surface area contributed by atoms with Crippen molar-refractivity contribution >= 4 is 33.9 Å². The molecule has 0 aliphatic heterocycles. The quantitative estimate of drug-likeness (QED) is 0.643. The smallest absolute Gasteiger partial charge is 0.330 e. The molecule has 1 N–H and O–H groups in total. The van der Waals surface area contributed by atoms with Crippen molar-refractivity contribution in [2.24, 2.45) is 14.1 Å². The highest BCUT2D eigenvalue weighted by Gasteiger charge is 2.10. The van der Waals surface area contributed by atoms with Crippen LogP contribution in [-0.4, -0.2) is 26.4 Å². The lowest BCUT2D eigenvalue weighted by Crippen LogP contribution is -2.37. The van der Waals surface area contributed by atoms with Crippen molar-refractivity contribution in [1.82, 2.24) is 19.3 Å². The van der Waals surface area contributed by atoms with Crippen molar-refractivity contribution in [2.75, 3.05) is 12.4 Å². The van der Waals surface area contributed by atoms with Crippen LogP contribution in [0, 0.1) is 0 Å². The molecule has 0 atom stereocenters. The van der Waals surface area contributed by atoms with E-state index in [4.69, 9.17) is 4.74 Å². The molecule has 3 rings (SSSR count). The maximum atomic E-state index is 12.0. The van der Waals surface area contributed by atoms with E-state index in [0.717, 1.165) is 14.6 Å². The fourth-order valence-corrected chi connectivity index (χ4v) is 4.02. The average molecular weight is 391 g/mol. The van der Waals surface area contributed by atoms with Gasteiger partial charge in [0.05, 0.1) is 12.8 Å². The number of methoxy groups -OCH3 is 1. The Hall–Kier alpha value is -2.59. The van der Waals surface area contributed by atoms with Crippen LogP contribution in [0.2, 0.25) is 0 Å². The van der Waals surface area contributed by atoms with Crippen LogP contribution in [0.3, 0.4) is 0 Å². The van der Waals surface area contributed by atoms with Gasteiger partial charge in [-0.15, -0.1) is 10.2 Å². The van der Waals surface area contributed by atoms with E-state index in [1.807, 2.05) is 24.3 Å². The summed E-state index contributed by atoms with van der Waals surface area (Å²) in [4.78, 5) is 23.7. The van der Waals surface area contributed by atoms with Gasteiger partial charge in [0.2, 0.25) is 5.13 Å².